The summed E-state index contributed by atoms with van der Waals surface area (Å²) < 4.78 is 15.4. The summed E-state index contributed by atoms with van der Waals surface area (Å²) >= 11 is 7.39. The molecule has 1 aromatic carbocycles. The van der Waals surface area contributed by atoms with Gasteiger partial charge in [-0.1, -0.05) is 0 Å². The summed E-state index contributed by atoms with van der Waals surface area (Å²) in [6.45, 7) is 0.650. The van der Waals surface area contributed by atoms with Crippen LogP contribution in [0.3, 0.4) is 0 Å². The molecule has 0 N–H and O–H groups in total. The van der Waals surface area contributed by atoms with Crippen molar-refractivity contribution in [1.29, 1.82) is 0 Å². The Morgan fingerprint density at radius 1 is 1.37 bits per heavy atom. The molecule has 0 unspecified atom stereocenters. The highest BCUT2D eigenvalue weighted by molar-refractivity contribution is 7.09. The standard InChI is InChI=1S/C13H11ClFN3S/c14-4-3-13-17-11-2-1-9(15)5-12(11)18(13)7-10-6-16-8-19-10/h1-2,5-6,8H,3-4,7H2. The third-order valence-electron chi connectivity index (χ3n) is 2.90. The number of rotatable bonds is 4. The molecule has 98 valence electrons. The fourth-order valence-electron chi connectivity index (χ4n) is 2.07. The zero-order valence-electron chi connectivity index (χ0n) is 10.0. The van der Waals surface area contributed by atoms with Gasteiger partial charge in [-0.05, 0) is 18.2 Å². The zero-order chi connectivity index (χ0) is 13.2. The van der Waals surface area contributed by atoms with E-state index in [1.54, 1.807) is 22.9 Å². The molecule has 0 fully saturated rings. The first-order valence-electron chi connectivity index (χ1n) is 5.86. The summed E-state index contributed by atoms with van der Waals surface area (Å²) in [5, 5.41) is 0. The van der Waals surface area contributed by atoms with Gasteiger partial charge in [0.25, 0.3) is 0 Å². The number of halogens is 2. The van der Waals surface area contributed by atoms with Gasteiger partial charge in [-0.3, -0.25) is 4.98 Å². The van der Waals surface area contributed by atoms with E-state index in [1.165, 1.54) is 12.1 Å². The maximum Gasteiger partial charge on any atom is 0.125 e. The first-order chi connectivity index (χ1) is 9.28. The van der Waals surface area contributed by atoms with Gasteiger partial charge in [0.15, 0.2) is 0 Å². The van der Waals surface area contributed by atoms with Gasteiger partial charge in [0.1, 0.15) is 11.6 Å². The van der Waals surface area contributed by atoms with Gasteiger partial charge < -0.3 is 4.57 Å². The first kappa shape index (κ1) is 12.6. The lowest BCUT2D eigenvalue weighted by Gasteiger charge is -2.06. The first-order valence-corrected chi connectivity index (χ1v) is 7.27. The van der Waals surface area contributed by atoms with Crippen LogP contribution in [0.2, 0.25) is 0 Å². The highest BCUT2D eigenvalue weighted by atomic mass is 35.5. The van der Waals surface area contributed by atoms with Crippen molar-refractivity contribution in [1.82, 2.24) is 14.5 Å². The molecular formula is C13H11ClFN3S. The second-order valence-corrected chi connectivity index (χ2v) is 5.50. The van der Waals surface area contributed by atoms with Gasteiger partial charge in [0, 0.05) is 23.4 Å². The van der Waals surface area contributed by atoms with Crippen molar-refractivity contribution in [3.8, 4) is 0 Å². The van der Waals surface area contributed by atoms with E-state index in [4.69, 9.17) is 11.6 Å². The molecule has 0 saturated carbocycles. The Hall–Kier alpha value is -1.46. The van der Waals surface area contributed by atoms with Crippen molar-refractivity contribution in [3.63, 3.8) is 0 Å². The van der Waals surface area contributed by atoms with Gasteiger partial charge in [-0.15, -0.1) is 22.9 Å². The van der Waals surface area contributed by atoms with Crippen LogP contribution in [0.15, 0.2) is 29.9 Å². The molecule has 0 aliphatic carbocycles. The van der Waals surface area contributed by atoms with Crippen LogP contribution in [-0.2, 0) is 13.0 Å². The van der Waals surface area contributed by atoms with Gasteiger partial charge in [0.2, 0.25) is 0 Å². The van der Waals surface area contributed by atoms with E-state index in [1.807, 2.05) is 10.8 Å². The number of aryl methyl sites for hydroxylation is 1. The third-order valence-corrected chi connectivity index (χ3v) is 3.86. The number of hydrogen-bond acceptors (Lipinski definition) is 3. The summed E-state index contributed by atoms with van der Waals surface area (Å²) in [5.41, 5.74) is 3.38. The predicted molar refractivity (Wildman–Crippen MR) is 75.3 cm³/mol. The van der Waals surface area contributed by atoms with E-state index in [9.17, 15) is 4.39 Å². The molecule has 3 nitrogen and oxygen atoms in total. The second-order valence-electron chi connectivity index (χ2n) is 4.15. The lowest BCUT2D eigenvalue weighted by molar-refractivity contribution is 0.628. The van der Waals surface area contributed by atoms with E-state index in [-0.39, 0.29) is 5.82 Å². The Labute approximate surface area is 118 Å². The van der Waals surface area contributed by atoms with Crippen LogP contribution in [0.4, 0.5) is 4.39 Å². The Bertz CT molecular complexity index is 693. The number of nitrogens with zero attached hydrogens (tertiary/aromatic N) is 3. The molecule has 3 aromatic rings. The van der Waals surface area contributed by atoms with Crippen molar-refractivity contribution < 1.29 is 4.39 Å². The average Bonchev–Trinajstić information content (AvgIpc) is 3.00. The molecule has 0 bridgehead atoms. The molecule has 0 aliphatic heterocycles. The average molecular weight is 296 g/mol. The van der Waals surface area contributed by atoms with Crippen molar-refractivity contribution in [3.05, 3.63) is 46.4 Å². The number of hydrogen-bond donors (Lipinski definition) is 0. The molecule has 0 saturated heterocycles. The van der Waals surface area contributed by atoms with Crippen molar-refractivity contribution in [2.24, 2.45) is 0 Å². The van der Waals surface area contributed by atoms with Crippen LogP contribution in [0.5, 0.6) is 0 Å². The zero-order valence-corrected chi connectivity index (χ0v) is 11.6. The van der Waals surface area contributed by atoms with Crippen molar-refractivity contribution >= 4 is 34.0 Å². The molecule has 6 heteroatoms. The second kappa shape index (κ2) is 5.27. The molecule has 0 spiro atoms. The fraction of sp³-hybridized carbons (Fsp3) is 0.231. The van der Waals surface area contributed by atoms with E-state index in [0.717, 1.165) is 21.7 Å². The number of alkyl halides is 1. The van der Waals surface area contributed by atoms with Crippen LogP contribution in [0, 0.1) is 5.82 Å². The van der Waals surface area contributed by atoms with Crippen molar-refractivity contribution in [2.45, 2.75) is 13.0 Å². The summed E-state index contributed by atoms with van der Waals surface area (Å²) in [4.78, 5) is 9.69. The maximum absolute atomic E-state index is 13.4. The van der Waals surface area contributed by atoms with E-state index in [2.05, 4.69) is 9.97 Å². The topological polar surface area (TPSA) is 30.7 Å². The van der Waals surface area contributed by atoms with E-state index < -0.39 is 0 Å². The lowest BCUT2D eigenvalue weighted by Crippen LogP contribution is -2.05. The molecule has 0 amide bonds. The van der Waals surface area contributed by atoms with Crippen molar-refractivity contribution in [2.75, 3.05) is 5.88 Å². The van der Waals surface area contributed by atoms with Crippen LogP contribution in [0.25, 0.3) is 11.0 Å². The molecule has 0 atom stereocenters. The molecule has 3 rings (SSSR count). The van der Waals surface area contributed by atoms with E-state index >= 15 is 0 Å². The molecule has 19 heavy (non-hydrogen) atoms. The Morgan fingerprint density at radius 2 is 2.26 bits per heavy atom. The smallest absolute Gasteiger partial charge is 0.125 e. The van der Waals surface area contributed by atoms with Crippen LogP contribution in [-0.4, -0.2) is 20.4 Å². The van der Waals surface area contributed by atoms with Gasteiger partial charge in [0.05, 0.1) is 23.1 Å². The van der Waals surface area contributed by atoms with Gasteiger partial charge >= 0.3 is 0 Å². The maximum atomic E-state index is 13.4. The highest BCUT2D eigenvalue weighted by Crippen LogP contribution is 2.21. The van der Waals surface area contributed by atoms with Crippen LogP contribution in [0.1, 0.15) is 10.7 Å². The molecule has 0 aliphatic rings. The number of benzene rings is 1. The molecular weight excluding hydrogens is 285 g/mol. The third kappa shape index (κ3) is 2.48. The number of aromatic nitrogens is 3. The largest absolute Gasteiger partial charge is 0.322 e. The molecule has 0 radical (unpaired) electrons. The summed E-state index contributed by atoms with van der Waals surface area (Å²) in [7, 11) is 0. The normalized spacial score (nSPS) is 11.3. The SMILES string of the molecule is Fc1ccc2nc(CCCl)n(Cc3cncs3)c2c1. The summed E-state index contributed by atoms with van der Waals surface area (Å²) in [5.74, 6) is 1.12. The number of thiazole rings is 1. The summed E-state index contributed by atoms with van der Waals surface area (Å²) in [6, 6.07) is 4.64. The summed E-state index contributed by atoms with van der Waals surface area (Å²) in [6.07, 6.45) is 2.48. The Balaban J connectivity index is 2.12. The van der Waals surface area contributed by atoms with E-state index in [0.29, 0.717) is 18.8 Å². The Kier molecular flexibility index (Phi) is 3.48. The fourth-order valence-corrected chi connectivity index (χ4v) is 2.83. The number of imidazole rings is 1. The van der Waals surface area contributed by atoms with Crippen LogP contribution >= 0.6 is 22.9 Å². The minimum atomic E-state index is -0.254. The molecule has 2 heterocycles. The highest BCUT2D eigenvalue weighted by Gasteiger charge is 2.12. The molecule has 2 aromatic heterocycles. The Morgan fingerprint density at radius 3 is 3.00 bits per heavy atom. The minimum absolute atomic E-state index is 0.254. The number of fused-ring (bicyclic) bond motifs is 1. The monoisotopic (exact) mass is 295 g/mol. The quantitative estimate of drug-likeness (QED) is 0.690. The lowest BCUT2D eigenvalue weighted by atomic mass is 10.3. The van der Waals surface area contributed by atoms with Gasteiger partial charge in [-0.25, -0.2) is 9.37 Å². The predicted octanol–water partition coefficient (Wildman–Crippen LogP) is 3.46. The van der Waals surface area contributed by atoms with Gasteiger partial charge in [-0.2, -0.15) is 0 Å². The minimum Gasteiger partial charge on any atom is -0.322 e. The van der Waals surface area contributed by atoms with Crippen LogP contribution < -0.4 is 0 Å².